The zero-order chi connectivity index (χ0) is 55.4. The molecule has 438 valence electrons. The van der Waals surface area contributed by atoms with E-state index in [1.54, 1.807) is 0 Å². The van der Waals surface area contributed by atoms with Gasteiger partial charge in [0.15, 0.2) is 25.2 Å². The fourth-order valence-corrected chi connectivity index (χ4v) is 17.6. The van der Waals surface area contributed by atoms with Crippen LogP contribution in [-0.2, 0) is 37.9 Å². The Morgan fingerprint density at radius 2 is 0.921 bits per heavy atom. The number of hydrogen-bond donors (Lipinski definition) is 14. The maximum atomic E-state index is 11.7. The summed E-state index contributed by atoms with van der Waals surface area (Å²) in [5, 5.41) is 151. The lowest BCUT2D eigenvalue weighted by atomic mass is 9.32. The van der Waals surface area contributed by atoms with Crippen LogP contribution in [0.1, 0.15) is 106 Å². The van der Waals surface area contributed by atoms with E-state index < -0.39 is 161 Å². The molecule has 5 aliphatic carbocycles. The predicted octanol–water partition coefficient (Wildman–Crippen LogP) is -1.71. The van der Waals surface area contributed by atoms with E-state index in [-0.39, 0.29) is 34.2 Å². The Hall–Kier alpha value is -1.14. The van der Waals surface area contributed by atoms with Gasteiger partial charge in [0, 0.05) is 6.61 Å². The van der Waals surface area contributed by atoms with Gasteiger partial charge >= 0.3 is 0 Å². The smallest absolute Gasteiger partial charge is 0.187 e. The minimum atomic E-state index is -2.03. The van der Waals surface area contributed by atoms with E-state index in [4.69, 9.17) is 37.9 Å². The molecule has 0 spiro atoms. The molecule has 0 aromatic heterocycles. The van der Waals surface area contributed by atoms with E-state index >= 15 is 0 Å². The highest BCUT2D eigenvalue weighted by molar-refractivity contribution is 5.22. The van der Waals surface area contributed by atoms with Gasteiger partial charge < -0.3 is 109 Å². The van der Waals surface area contributed by atoms with Crippen LogP contribution >= 0.6 is 0 Å². The Morgan fingerprint density at radius 1 is 0.461 bits per heavy atom. The van der Waals surface area contributed by atoms with Gasteiger partial charge in [0.05, 0.1) is 32.5 Å². The molecule has 5 saturated carbocycles. The SMILES string of the molecule is C=C(C)[C@@H]1CC[C@]2(CO)CC[C@]3(C)[C@H](CC[C@@H]4[C@@]5(C)CC[C@H](O[C@@H]6O[C@H](CO)[C@@H](O[C@@H]7O[C@H](CO)[C@@H](O[C@H]8O[C@H](CO)[C@@H](O[C@H]9O[C@H](CO)[C@@H](O)[C@H](O)[C@H]9O)[C@H](O)[C@H]8O)[C@H](O)[C@H]7O)[C@H](O)[C@H]6O)C(C)(C)[C@@H]5CC[C@]43C)[C@@H]12. The number of aliphatic hydroxyl groups excluding tert-OH is 14. The summed E-state index contributed by atoms with van der Waals surface area (Å²) in [6.45, 7) is 15.6. The molecule has 0 bridgehead atoms. The minimum absolute atomic E-state index is 0.0101. The summed E-state index contributed by atoms with van der Waals surface area (Å²) in [5.74, 6) is 2.11. The number of rotatable bonds is 14. The normalized spacial score (nSPS) is 55.2. The summed E-state index contributed by atoms with van der Waals surface area (Å²) in [6, 6.07) is 0. The first-order chi connectivity index (χ1) is 35.8. The molecule has 4 saturated heterocycles. The summed E-state index contributed by atoms with van der Waals surface area (Å²) in [7, 11) is 0. The van der Waals surface area contributed by atoms with Crippen LogP contribution in [0.4, 0.5) is 0 Å². The molecule has 14 N–H and O–H groups in total. The van der Waals surface area contributed by atoms with Gasteiger partial charge in [-0.25, -0.2) is 0 Å². The maximum absolute atomic E-state index is 11.7. The molecule has 9 aliphatic rings. The largest absolute Gasteiger partial charge is 0.396 e. The summed E-state index contributed by atoms with van der Waals surface area (Å²) >= 11 is 0. The topological polar surface area (TPSA) is 357 Å². The quantitative estimate of drug-likeness (QED) is 0.0681. The number of aliphatic hydroxyl groups is 14. The van der Waals surface area contributed by atoms with Crippen LogP contribution in [0.15, 0.2) is 12.2 Å². The van der Waals surface area contributed by atoms with Gasteiger partial charge in [0.1, 0.15) is 97.7 Å². The Kier molecular flexibility index (Phi) is 17.4. The van der Waals surface area contributed by atoms with Gasteiger partial charge in [-0.05, 0) is 128 Å². The summed E-state index contributed by atoms with van der Waals surface area (Å²) in [6.07, 6.45) is -24.8. The third-order valence-electron chi connectivity index (χ3n) is 22.0. The molecule has 9 fully saturated rings. The van der Waals surface area contributed by atoms with E-state index in [1.807, 2.05) is 0 Å². The number of fused-ring (bicyclic) bond motifs is 7. The van der Waals surface area contributed by atoms with Crippen molar-refractivity contribution >= 4 is 0 Å². The van der Waals surface area contributed by atoms with Crippen LogP contribution in [0.2, 0.25) is 0 Å². The molecule has 4 heterocycles. The average Bonchev–Trinajstić information content (AvgIpc) is 3.86. The van der Waals surface area contributed by atoms with Gasteiger partial charge in [-0.1, -0.05) is 46.8 Å². The molecular weight excluding hydrogens is 1000 g/mol. The second-order valence-electron chi connectivity index (χ2n) is 25.8. The Bertz CT molecular complexity index is 1990. The maximum Gasteiger partial charge on any atom is 0.187 e. The van der Waals surface area contributed by atoms with E-state index in [0.717, 1.165) is 57.8 Å². The first kappa shape index (κ1) is 59.5. The summed E-state index contributed by atoms with van der Waals surface area (Å²) in [4.78, 5) is 0. The molecule has 9 rings (SSSR count). The monoisotopic (exact) mass is 1090 g/mol. The fourth-order valence-electron chi connectivity index (χ4n) is 17.6. The lowest BCUT2D eigenvalue weighted by Gasteiger charge is -2.73. The Labute approximate surface area is 444 Å². The van der Waals surface area contributed by atoms with Gasteiger partial charge in [-0.3, -0.25) is 0 Å². The highest BCUT2D eigenvalue weighted by Gasteiger charge is 2.71. The van der Waals surface area contributed by atoms with Crippen LogP contribution in [0.3, 0.4) is 0 Å². The van der Waals surface area contributed by atoms with E-state index in [1.165, 1.54) is 5.57 Å². The fraction of sp³-hybridized carbons (Fsp3) is 0.963. The Balaban J connectivity index is 0.827. The van der Waals surface area contributed by atoms with Crippen molar-refractivity contribution in [3.05, 3.63) is 12.2 Å². The zero-order valence-electron chi connectivity index (χ0n) is 44.9. The number of hydrogen-bond acceptors (Lipinski definition) is 22. The molecule has 0 unspecified atom stereocenters. The van der Waals surface area contributed by atoms with Gasteiger partial charge in [-0.15, -0.1) is 0 Å². The molecule has 76 heavy (non-hydrogen) atoms. The molecule has 0 radical (unpaired) electrons. The highest BCUT2D eigenvalue weighted by Crippen LogP contribution is 2.77. The average molecular weight is 1090 g/mol. The predicted molar refractivity (Wildman–Crippen MR) is 263 cm³/mol. The number of ether oxygens (including phenoxy) is 8. The summed E-state index contributed by atoms with van der Waals surface area (Å²) in [5.41, 5.74) is 1.01. The van der Waals surface area contributed by atoms with Crippen molar-refractivity contribution in [2.45, 2.75) is 235 Å². The molecule has 4 aliphatic heterocycles. The second-order valence-corrected chi connectivity index (χ2v) is 25.8. The van der Waals surface area contributed by atoms with Crippen LogP contribution in [0, 0.1) is 56.7 Å². The molecule has 22 nitrogen and oxygen atoms in total. The molecule has 0 aromatic rings. The van der Waals surface area contributed by atoms with Crippen molar-refractivity contribution in [2.75, 3.05) is 33.0 Å². The van der Waals surface area contributed by atoms with Gasteiger partial charge in [-0.2, -0.15) is 0 Å². The highest BCUT2D eigenvalue weighted by atomic mass is 16.8. The first-order valence-electron chi connectivity index (χ1n) is 27.9. The van der Waals surface area contributed by atoms with Gasteiger partial charge in [0.2, 0.25) is 0 Å². The molecular formula is C54H90O22. The van der Waals surface area contributed by atoms with Crippen LogP contribution in [-0.4, -0.2) is 233 Å². The molecule has 0 aromatic carbocycles. The van der Waals surface area contributed by atoms with Crippen molar-refractivity contribution in [1.82, 2.24) is 0 Å². The molecule has 22 heteroatoms. The van der Waals surface area contributed by atoms with Crippen molar-refractivity contribution in [2.24, 2.45) is 56.7 Å². The third kappa shape index (κ3) is 9.51. The van der Waals surface area contributed by atoms with Crippen LogP contribution < -0.4 is 0 Å². The zero-order valence-corrected chi connectivity index (χ0v) is 44.9. The molecule has 0 amide bonds. The standard InChI is InChI=1S/C54H90O22/c1-23(2)24-10-15-54(22-59)17-16-52(6)25(33(24)54)8-9-31-51(5)13-12-32(50(3,4)30(51)11-14-53(31,52)7)73-46-40(66)36(62)43(27(19-56)70-46)75-48-42(68)38(64)45(29(21-58)72-48)76-49-41(67)37(63)44(28(20-57)71-49)74-47-39(65)35(61)34(60)26(18-55)69-47/h24-49,55-68H,1,8-22H2,2-7H3/t24-,25+,26+,27+,28+,29+,30-,31+,32-,33+,34+,35-,36+,37+,38+,39+,40+,41+,42+,43+,44+,45+,46-,47+,48-,49+,51-,52+,53+,54+/m0/s1. The molecule has 30 atom stereocenters. The van der Waals surface area contributed by atoms with Crippen LogP contribution in [0.25, 0.3) is 0 Å². The van der Waals surface area contributed by atoms with Crippen molar-refractivity contribution in [1.29, 1.82) is 0 Å². The van der Waals surface area contributed by atoms with Crippen molar-refractivity contribution < 1.29 is 109 Å². The van der Waals surface area contributed by atoms with Gasteiger partial charge in [0.25, 0.3) is 0 Å². The van der Waals surface area contributed by atoms with Crippen LogP contribution in [0.5, 0.6) is 0 Å². The van der Waals surface area contributed by atoms with E-state index in [2.05, 4.69) is 48.1 Å². The van der Waals surface area contributed by atoms with E-state index in [9.17, 15) is 71.5 Å². The van der Waals surface area contributed by atoms with E-state index in [0.29, 0.717) is 30.1 Å². The Morgan fingerprint density at radius 3 is 1.38 bits per heavy atom. The minimum Gasteiger partial charge on any atom is -0.396 e. The van der Waals surface area contributed by atoms with Crippen molar-refractivity contribution in [3.63, 3.8) is 0 Å². The lowest BCUT2D eigenvalue weighted by Crippen LogP contribution is -2.68. The second kappa shape index (κ2) is 22.2. The summed E-state index contributed by atoms with van der Waals surface area (Å²) < 4.78 is 47.1. The van der Waals surface area contributed by atoms with Crippen molar-refractivity contribution in [3.8, 4) is 0 Å². The third-order valence-corrected chi connectivity index (χ3v) is 22.0. The first-order valence-corrected chi connectivity index (χ1v) is 27.9. The lowest BCUT2D eigenvalue weighted by molar-refractivity contribution is -0.390. The number of allylic oxidation sites excluding steroid dienone is 1.